The van der Waals surface area contributed by atoms with E-state index in [4.69, 9.17) is 23.2 Å². The monoisotopic (exact) mass is 258 g/mol. The van der Waals surface area contributed by atoms with Crippen LogP contribution in [0.15, 0.2) is 24.8 Å². The fourth-order valence-electron chi connectivity index (χ4n) is 1.19. The Kier molecular flexibility index (Phi) is 4.77. The summed E-state index contributed by atoms with van der Waals surface area (Å²) in [6.45, 7) is 5.49. The summed E-state index contributed by atoms with van der Waals surface area (Å²) in [5.74, 6) is -0.261. The fraction of sp³-hybridized carbons (Fsp3) is 0.273. The Morgan fingerprint density at radius 3 is 2.88 bits per heavy atom. The fourth-order valence-corrected chi connectivity index (χ4v) is 1.62. The molecule has 0 radical (unpaired) electrons. The van der Waals surface area contributed by atoms with Crippen LogP contribution in [-0.4, -0.2) is 16.9 Å². The predicted molar refractivity (Wildman–Crippen MR) is 66.0 cm³/mol. The number of hydrogen-bond acceptors (Lipinski definition) is 2. The van der Waals surface area contributed by atoms with Crippen LogP contribution in [0.1, 0.15) is 23.7 Å². The zero-order valence-electron chi connectivity index (χ0n) is 8.84. The summed E-state index contributed by atoms with van der Waals surface area (Å²) >= 11 is 11.4. The Balaban J connectivity index is 2.76. The van der Waals surface area contributed by atoms with Gasteiger partial charge in [0.15, 0.2) is 0 Å². The lowest BCUT2D eigenvalue weighted by Gasteiger charge is -2.12. The van der Waals surface area contributed by atoms with E-state index in [1.165, 1.54) is 6.07 Å². The maximum atomic E-state index is 11.7. The van der Waals surface area contributed by atoms with Gasteiger partial charge >= 0.3 is 0 Å². The zero-order valence-corrected chi connectivity index (χ0v) is 10.3. The quantitative estimate of drug-likeness (QED) is 0.666. The molecule has 1 heterocycles. The minimum absolute atomic E-state index is 0.0109. The highest BCUT2D eigenvalue weighted by molar-refractivity contribution is 6.34. The molecule has 0 saturated heterocycles. The van der Waals surface area contributed by atoms with Crippen molar-refractivity contribution in [3.63, 3.8) is 0 Å². The molecule has 0 aliphatic heterocycles. The van der Waals surface area contributed by atoms with Crippen molar-refractivity contribution in [1.82, 2.24) is 10.3 Å². The normalized spacial score (nSPS) is 11.9. The number of carbonyl (C=O) groups is 1. The topological polar surface area (TPSA) is 42.0 Å². The van der Waals surface area contributed by atoms with E-state index in [0.717, 1.165) is 0 Å². The molecule has 1 rings (SSSR count). The summed E-state index contributed by atoms with van der Waals surface area (Å²) in [7, 11) is 0. The molecule has 0 aliphatic carbocycles. The van der Waals surface area contributed by atoms with Crippen LogP contribution in [-0.2, 0) is 0 Å². The van der Waals surface area contributed by atoms with E-state index in [-0.39, 0.29) is 22.3 Å². The lowest BCUT2D eigenvalue weighted by atomic mass is 10.2. The molecule has 5 heteroatoms. The standard InChI is InChI=1S/C11H12Cl2N2O/c1-3-4-7(2)14-11(16)8-5-6-9(12)15-10(8)13/h3,5-7H,1,4H2,2H3,(H,14,16). The number of halogens is 2. The molecule has 1 aromatic heterocycles. The minimum atomic E-state index is -0.261. The molecular weight excluding hydrogens is 247 g/mol. The molecule has 0 aliphatic rings. The molecule has 0 spiro atoms. The smallest absolute Gasteiger partial charge is 0.254 e. The molecule has 1 atom stereocenters. The van der Waals surface area contributed by atoms with Gasteiger partial charge in [0.1, 0.15) is 10.3 Å². The summed E-state index contributed by atoms with van der Waals surface area (Å²) in [5.41, 5.74) is 0.321. The van der Waals surface area contributed by atoms with Gasteiger partial charge in [-0.2, -0.15) is 0 Å². The van der Waals surface area contributed by atoms with Gasteiger partial charge in [-0.1, -0.05) is 29.3 Å². The number of nitrogens with zero attached hydrogens (tertiary/aromatic N) is 1. The van der Waals surface area contributed by atoms with Crippen molar-refractivity contribution >= 4 is 29.1 Å². The highest BCUT2D eigenvalue weighted by Crippen LogP contribution is 2.16. The maximum Gasteiger partial charge on any atom is 0.254 e. The van der Waals surface area contributed by atoms with Crippen LogP contribution in [0.3, 0.4) is 0 Å². The summed E-state index contributed by atoms with van der Waals surface area (Å²) in [6.07, 6.45) is 2.44. The van der Waals surface area contributed by atoms with Crippen molar-refractivity contribution in [2.75, 3.05) is 0 Å². The van der Waals surface area contributed by atoms with Gasteiger partial charge < -0.3 is 5.32 Å². The van der Waals surface area contributed by atoms with E-state index in [9.17, 15) is 4.79 Å². The molecule has 1 unspecified atom stereocenters. The lowest BCUT2D eigenvalue weighted by Crippen LogP contribution is -2.32. The Labute approximate surface area is 104 Å². The number of carbonyl (C=O) groups excluding carboxylic acids is 1. The van der Waals surface area contributed by atoms with Crippen molar-refractivity contribution in [1.29, 1.82) is 0 Å². The first kappa shape index (κ1) is 13.0. The predicted octanol–water partition coefficient (Wildman–Crippen LogP) is 3.08. The third kappa shape index (κ3) is 3.51. The van der Waals surface area contributed by atoms with Crippen LogP contribution in [0.25, 0.3) is 0 Å². The third-order valence-electron chi connectivity index (χ3n) is 1.96. The van der Waals surface area contributed by atoms with Crippen LogP contribution in [0.5, 0.6) is 0 Å². The van der Waals surface area contributed by atoms with Gasteiger partial charge in [-0.25, -0.2) is 4.98 Å². The number of hydrogen-bond donors (Lipinski definition) is 1. The second kappa shape index (κ2) is 5.87. The summed E-state index contributed by atoms with van der Waals surface area (Å²) in [5, 5.41) is 3.15. The number of amides is 1. The van der Waals surface area contributed by atoms with Crippen LogP contribution < -0.4 is 5.32 Å². The van der Waals surface area contributed by atoms with Crippen LogP contribution in [0.4, 0.5) is 0 Å². The molecule has 1 N–H and O–H groups in total. The van der Waals surface area contributed by atoms with Crippen molar-refractivity contribution in [3.05, 3.63) is 40.7 Å². The Morgan fingerprint density at radius 1 is 1.62 bits per heavy atom. The molecule has 3 nitrogen and oxygen atoms in total. The maximum absolute atomic E-state index is 11.7. The first-order chi connectivity index (χ1) is 7.54. The SMILES string of the molecule is C=CCC(C)NC(=O)c1ccc(Cl)nc1Cl. The van der Waals surface area contributed by atoms with E-state index in [1.54, 1.807) is 12.1 Å². The first-order valence-electron chi connectivity index (χ1n) is 4.78. The number of nitrogens with one attached hydrogen (secondary N) is 1. The van der Waals surface area contributed by atoms with Gasteiger partial charge in [0.05, 0.1) is 5.56 Å². The average molecular weight is 259 g/mol. The molecule has 0 aromatic carbocycles. The van der Waals surface area contributed by atoms with Crippen LogP contribution in [0, 0.1) is 0 Å². The largest absolute Gasteiger partial charge is 0.349 e. The van der Waals surface area contributed by atoms with Gasteiger partial charge in [-0.15, -0.1) is 6.58 Å². The van der Waals surface area contributed by atoms with Gasteiger partial charge in [0.25, 0.3) is 5.91 Å². The van der Waals surface area contributed by atoms with Gasteiger partial charge in [-0.3, -0.25) is 4.79 Å². The molecule has 0 saturated carbocycles. The minimum Gasteiger partial charge on any atom is -0.349 e. The first-order valence-corrected chi connectivity index (χ1v) is 5.54. The summed E-state index contributed by atoms with van der Waals surface area (Å²) in [4.78, 5) is 15.5. The molecule has 1 aromatic rings. The lowest BCUT2D eigenvalue weighted by molar-refractivity contribution is 0.0940. The highest BCUT2D eigenvalue weighted by atomic mass is 35.5. The van der Waals surface area contributed by atoms with E-state index < -0.39 is 0 Å². The number of pyridine rings is 1. The second-order valence-corrected chi connectivity index (χ2v) is 4.12. The van der Waals surface area contributed by atoms with Crippen LogP contribution in [0.2, 0.25) is 10.3 Å². The summed E-state index contributed by atoms with van der Waals surface area (Å²) < 4.78 is 0. The molecule has 16 heavy (non-hydrogen) atoms. The molecular formula is C11H12Cl2N2O. The van der Waals surface area contributed by atoms with Crippen LogP contribution >= 0.6 is 23.2 Å². The third-order valence-corrected chi connectivity index (χ3v) is 2.46. The van der Waals surface area contributed by atoms with Crippen molar-refractivity contribution in [2.45, 2.75) is 19.4 Å². The molecule has 0 bridgehead atoms. The van der Waals surface area contributed by atoms with Gasteiger partial charge in [0.2, 0.25) is 0 Å². The molecule has 0 fully saturated rings. The Hall–Kier alpha value is -1.06. The number of aromatic nitrogens is 1. The van der Waals surface area contributed by atoms with Crippen molar-refractivity contribution < 1.29 is 4.79 Å². The molecule has 86 valence electrons. The Morgan fingerprint density at radius 2 is 2.31 bits per heavy atom. The highest BCUT2D eigenvalue weighted by Gasteiger charge is 2.13. The molecule has 1 amide bonds. The number of rotatable bonds is 4. The van der Waals surface area contributed by atoms with E-state index in [2.05, 4.69) is 16.9 Å². The zero-order chi connectivity index (χ0) is 12.1. The van der Waals surface area contributed by atoms with E-state index in [0.29, 0.717) is 12.0 Å². The summed E-state index contributed by atoms with van der Waals surface area (Å²) in [6, 6.07) is 3.09. The van der Waals surface area contributed by atoms with Gasteiger partial charge in [0, 0.05) is 6.04 Å². The van der Waals surface area contributed by atoms with E-state index in [1.807, 2.05) is 6.92 Å². The van der Waals surface area contributed by atoms with Crippen molar-refractivity contribution in [2.24, 2.45) is 0 Å². The average Bonchev–Trinajstić information content (AvgIpc) is 2.17. The second-order valence-electron chi connectivity index (χ2n) is 3.37. The van der Waals surface area contributed by atoms with Gasteiger partial charge in [-0.05, 0) is 25.5 Å². The van der Waals surface area contributed by atoms with Crippen molar-refractivity contribution in [3.8, 4) is 0 Å². The Bertz CT molecular complexity index is 407. The van der Waals surface area contributed by atoms with E-state index >= 15 is 0 Å².